The third-order valence-corrected chi connectivity index (χ3v) is 5.95. The number of ether oxygens (including phenoxy) is 1. The summed E-state index contributed by atoms with van der Waals surface area (Å²) in [4.78, 5) is 31.5. The van der Waals surface area contributed by atoms with Crippen LogP contribution >= 0.6 is 0 Å². The van der Waals surface area contributed by atoms with Crippen LogP contribution in [0.4, 0.5) is 11.6 Å². The fraction of sp³-hybridized carbons (Fsp3) is 0.385. The second kappa shape index (κ2) is 12.0. The van der Waals surface area contributed by atoms with Gasteiger partial charge in [-0.1, -0.05) is 6.07 Å². The molecular weight excluding hydrogens is 462 g/mol. The molecule has 0 atom stereocenters. The summed E-state index contributed by atoms with van der Waals surface area (Å²) >= 11 is 0. The van der Waals surface area contributed by atoms with Gasteiger partial charge in [0.25, 0.3) is 11.8 Å². The molecule has 3 heterocycles. The van der Waals surface area contributed by atoms with Crippen molar-refractivity contribution in [2.75, 3.05) is 43.1 Å². The third kappa shape index (κ3) is 6.12. The van der Waals surface area contributed by atoms with Crippen LogP contribution in [0.1, 0.15) is 42.2 Å². The van der Waals surface area contributed by atoms with Crippen LogP contribution in [-0.4, -0.2) is 49.6 Å². The molecule has 0 radical (unpaired) electrons. The van der Waals surface area contributed by atoms with Crippen molar-refractivity contribution in [2.45, 2.75) is 26.2 Å². The lowest BCUT2D eigenvalue weighted by molar-refractivity contribution is -0.120. The molecule has 0 spiro atoms. The molecule has 36 heavy (non-hydrogen) atoms. The van der Waals surface area contributed by atoms with Gasteiger partial charge in [0.05, 0.1) is 6.26 Å². The number of benzene rings is 1. The standard InChI is InChI=1S/C26H29N5O5/c1-2-34-14-5-11-28-23(32)19-6-3-7-20(16-19)29-24(33)18-9-12-31(13-10-18)26-21(17-27)30-25(36-26)22-8-4-15-35-22/h3-4,6-8,15-16,18H,2,5,9-14H2,1H3,(H,28,32)(H,29,33). The molecular formula is C26H29N5O5. The highest BCUT2D eigenvalue weighted by Crippen LogP contribution is 2.31. The molecule has 1 fully saturated rings. The lowest BCUT2D eigenvalue weighted by atomic mass is 9.95. The van der Waals surface area contributed by atoms with Gasteiger partial charge in [-0.2, -0.15) is 10.2 Å². The number of nitrogens with zero attached hydrogens (tertiary/aromatic N) is 3. The van der Waals surface area contributed by atoms with Crippen molar-refractivity contribution >= 4 is 23.4 Å². The van der Waals surface area contributed by atoms with Crippen LogP contribution in [0.15, 0.2) is 51.5 Å². The summed E-state index contributed by atoms with van der Waals surface area (Å²) in [7, 11) is 0. The first kappa shape index (κ1) is 25.0. The molecule has 188 valence electrons. The van der Waals surface area contributed by atoms with E-state index in [9.17, 15) is 14.9 Å². The molecule has 0 bridgehead atoms. The second-order valence-electron chi connectivity index (χ2n) is 8.40. The number of anilines is 2. The van der Waals surface area contributed by atoms with E-state index in [4.69, 9.17) is 13.6 Å². The van der Waals surface area contributed by atoms with Crippen molar-refractivity contribution in [2.24, 2.45) is 5.92 Å². The summed E-state index contributed by atoms with van der Waals surface area (Å²) < 4.78 is 16.4. The number of furan rings is 1. The lowest BCUT2D eigenvalue weighted by Gasteiger charge is -2.31. The molecule has 1 aliphatic heterocycles. The SMILES string of the molecule is CCOCCCNC(=O)c1cccc(NC(=O)C2CCN(c3oc(-c4ccco4)nc3C#N)CC2)c1. The van der Waals surface area contributed by atoms with Gasteiger partial charge in [0.15, 0.2) is 5.76 Å². The van der Waals surface area contributed by atoms with E-state index in [-0.39, 0.29) is 29.3 Å². The smallest absolute Gasteiger partial charge is 0.266 e. The maximum Gasteiger partial charge on any atom is 0.266 e. The van der Waals surface area contributed by atoms with Crippen molar-refractivity contribution < 1.29 is 23.2 Å². The Labute approximate surface area is 209 Å². The van der Waals surface area contributed by atoms with Gasteiger partial charge < -0.3 is 29.1 Å². The van der Waals surface area contributed by atoms with Gasteiger partial charge in [0, 0.05) is 50.0 Å². The van der Waals surface area contributed by atoms with E-state index in [0.717, 1.165) is 6.42 Å². The highest BCUT2D eigenvalue weighted by atomic mass is 16.5. The van der Waals surface area contributed by atoms with E-state index in [1.165, 1.54) is 6.26 Å². The lowest BCUT2D eigenvalue weighted by Crippen LogP contribution is -2.38. The Morgan fingerprint density at radius 1 is 1.25 bits per heavy atom. The molecule has 0 aliphatic carbocycles. The van der Waals surface area contributed by atoms with Crippen molar-refractivity contribution in [1.82, 2.24) is 10.3 Å². The van der Waals surface area contributed by atoms with E-state index >= 15 is 0 Å². The Hall–Kier alpha value is -4.10. The Bertz CT molecular complexity index is 1210. The number of oxazole rings is 1. The van der Waals surface area contributed by atoms with E-state index in [1.807, 2.05) is 11.8 Å². The Balaban J connectivity index is 1.30. The van der Waals surface area contributed by atoms with Gasteiger partial charge >= 0.3 is 0 Å². The monoisotopic (exact) mass is 491 g/mol. The van der Waals surface area contributed by atoms with Gasteiger partial charge in [0.2, 0.25) is 17.5 Å². The minimum Gasteiger partial charge on any atom is -0.459 e. The summed E-state index contributed by atoms with van der Waals surface area (Å²) in [5.41, 5.74) is 1.26. The highest BCUT2D eigenvalue weighted by molar-refractivity contribution is 5.97. The summed E-state index contributed by atoms with van der Waals surface area (Å²) in [6.07, 6.45) is 3.44. The average Bonchev–Trinajstić information content (AvgIpc) is 3.59. The number of carbonyl (C=O) groups is 2. The topological polar surface area (TPSA) is 134 Å². The van der Waals surface area contributed by atoms with Gasteiger partial charge in [-0.3, -0.25) is 9.59 Å². The molecule has 2 aromatic heterocycles. The summed E-state index contributed by atoms with van der Waals surface area (Å²) in [6.45, 7) is 4.80. The van der Waals surface area contributed by atoms with Gasteiger partial charge in [-0.15, -0.1) is 0 Å². The molecule has 10 heteroatoms. The van der Waals surface area contributed by atoms with Crippen molar-refractivity contribution in [1.29, 1.82) is 5.26 Å². The number of hydrogen-bond donors (Lipinski definition) is 2. The first-order valence-electron chi connectivity index (χ1n) is 12.1. The van der Waals surface area contributed by atoms with Crippen molar-refractivity contribution in [3.63, 3.8) is 0 Å². The van der Waals surface area contributed by atoms with Crippen LogP contribution in [0.25, 0.3) is 11.7 Å². The van der Waals surface area contributed by atoms with Crippen LogP contribution in [0.3, 0.4) is 0 Å². The Morgan fingerprint density at radius 3 is 2.81 bits per heavy atom. The van der Waals surface area contributed by atoms with Crippen LogP contribution in [0.2, 0.25) is 0 Å². The van der Waals surface area contributed by atoms with Crippen molar-refractivity contribution in [3.05, 3.63) is 53.9 Å². The number of hydrogen-bond acceptors (Lipinski definition) is 8. The predicted octanol–water partition coefficient (Wildman–Crippen LogP) is 3.82. The number of amides is 2. The van der Waals surface area contributed by atoms with Gasteiger partial charge in [0.1, 0.15) is 6.07 Å². The van der Waals surface area contributed by atoms with Crippen molar-refractivity contribution in [3.8, 4) is 17.7 Å². The minimum atomic E-state index is -0.199. The average molecular weight is 492 g/mol. The fourth-order valence-corrected chi connectivity index (χ4v) is 4.05. The second-order valence-corrected chi connectivity index (χ2v) is 8.40. The van der Waals surface area contributed by atoms with Gasteiger partial charge in [-0.05, 0) is 56.5 Å². The quantitative estimate of drug-likeness (QED) is 0.409. The van der Waals surface area contributed by atoms with Crippen LogP contribution in [0, 0.1) is 17.2 Å². The normalized spacial score (nSPS) is 13.8. The molecule has 2 N–H and O–H groups in total. The molecule has 0 saturated carbocycles. The van der Waals surface area contributed by atoms with E-state index in [0.29, 0.717) is 68.6 Å². The Kier molecular flexibility index (Phi) is 8.36. The maximum atomic E-state index is 12.9. The minimum absolute atomic E-state index is 0.0988. The zero-order valence-corrected chi connectivity index (χ0v) is 20.2. The number of rotatable bonds is 10. The summed E-state index contributed by atoms with van der Waals surface area (Å²) in [5.74, 6) is 0.611. The summed E-state index contributed by atoms with van der Waals surface area (Å²) in [6, 6.07) is 12.4. The number of carbonyl (C=O) groups excluding carboxylic acids is 2. The predicted molar refractivity (Wildman–Crippen MR) is 132 cm³/mol. The van der Waals surface area contributed by atoms with E-state index in [2.05, 4.69) is 21.7 Å². The molecule has 2 amide bonds. The third-order valence-electron chi connectivity index (χ3n) is 5.95. The van der Waals surface area contributed by atoms with Crippen LogP contribution in [0.5, 0.6) is 0 Å². The summed E-state index contributed by atoms with van der Waals surface area (Å²) in [5, 5.41) is 15.3. The molecule has 1 aliphatic rings. The first-order chi connectivity index (χ1) is 17.6. The first-order valence-corrected chi connectivity index (χ1v) is 12.1. The molecule has 0 unspecified atom stereocenters. The zero-order chi connectivity index (χ0) is 25.3. The Morgan fingerprint density at radius 2 is 2.08 bits per heavy atom. The van der Waals surface area contributed by atoms with E-state index in [1.54, 1.807) is 36.4 Å². The number of nitrogens with one attached hydrogen (secondary N) is 2. The van der Waals surface area contributed by atoms with Crippen LogP contribution in [-0.2, 0) is 9.53 Å². The van der Waals surface area contributed by atoms with E-state index < -0.39 is 0 Å². The number of nitriles is 1. The molecule has 1 saturated heterocycles. The highest BCUT2D eigenvalue weighted by Gasteiger charge is 2.29. The number of aromatic nitrogens is 1. The largest absolute Gasteiger partial charge is 0.459 e. The molecule has 3 aromatic rings. The zero-order valence-electron chi connectivity index (χ0n) is 20.2. The fourth-order valence-electron chi connectivity index (χ4n) is 4.05. The van der Waals surface area contributed by atoms with Crippen LogP contribution < -0.4 is 15.5 Å². The molecule has 10 nitrogen and oxygen atoms in total. The molecule has 1 aromatic carbocycles. The van der Waals surface area contributed by atoms with Gasteiger partial charge in [-0.25, -0.2) is 0 Å². The molecule has 4 rings (SSSR count). The number of piperidine rings is 1. The maximum absolute atomic E-state index is 12.9.